The lowest BCUT2D eigenvalue weighted by Gasteiger charge is -2.22. The van der Waals surface area contributed by atoms with E-state index in [0.717, 1.165) is 48.7 Å². The predicted molar refractivity (Wildman–Crippen MR) is 131 cm³/mol. The molecule has 2 heterocycles. The standard InChI is InChI=1S/C27H34FN5O/c1-18(2)13-24(29-27(34)22-15-19(3)14-20(4)16-22)26-31-30-25-9-10-32(11-12-33(25)26)17-21-7-5-6-8-23(21)28/h5-8,14-16,18,24H,9-13,17H2,1-4H3,(H,29,34)/t24-/m0/s1. The van der Waals surface area contributed by atoms with Crippen LogP contribution < -0.4 is 5.32 Å². The normalized spacial score (nSPS) is 15.1. The van der Waals surface area contributed by atoms with Crippen molar-refractivity contribution in [2.45, 2.75) is 59.7 Å². The van der Waals surface area contributed by atoms with Crippen LogP contribution in [0, 0.1) is 25.6 Å². The van der Waals surface area contributed by atoms with E-state index in [-0.39, 0.29) is 17.8 Å². The van der Waals surface area contributed by atoms with E-state index in [1.165, 1.54) is 6.07 Å². The van der Waals surface area contributed by atoms with Gasteiger partial charge in [0.15, 0.2) is 5.82 Å². The van der Waals surface area contributed by atoms with E-state index in [2.05, 4.69) is 44.9 Å². The number of aromatic nitrogens is 3. The molecular formula is C27H34FN5O. The second kappa shape index (κ2) is 10.5. The van der Waals surface area contributed by atoms with Crippen LogP contribution in [0.15, 0.2) is 42.5 Å². The molecule has 0 bridgehead atoms. The summed E-state index contributed by atoms with van der Waals surface area (Å²) in [6.45, 7) is 11.1. The first kappa shape index (κ1) is 24.1. The number of rotatable bonds is 7. The lowest BCUT2D eigenvalue weighted by atomic mass is 10.0. The van der Waals surface area contributed by atoms with Crippen LogP contribution in [-0.2, 0) is 19.5 Å². The van der Waals surface area contributed by atoms with Gasteiger partial charge in [-0.25, -0.2) is 4.39 Å². The molecule has 0 radical (unpaired) electrons. The molecule has 0 unspecified atom stereocenters. The summed E-state index contributed by atoms with van der Waals surface area (Å²) in [5.74, 6) is 1.83. The zero-order valence-electron chi connectivity index (χ0n) is 20.5. The first-order valence-corrected chi connectivity index (χ1v) is 12.1. The van der Waals surface area contributed by atoms with Gasteiger partial charge in [0.25, 0.3) is 5.91 Å². The highest BCUT2D eigenvalue weighted by molar-refractivity contribution is 5.94. The third kappa shape index (κ3) is 5.70. The number of fused-ring (bicyclic) bond motifs is 1. The summed E-state index contributed by atoms with van der Waals surface area (Å²) in [6.07, 6.45) is 1.51. The van der Waals surface area contributed by atoms with Crippen LogP contribution in [-0.4, -0.2) is 38.7 Å². The highest BCUT2D eigenvalue weighted by Gasteiger charge is 2.26. The van der Waals surface area contributed by atoms with Gasteiger partial charge in [-0.3, -0.25) is 9.69 Å². The molecule has 34 heavy (non-hydrogen) atoms. The molecule has 0 saturated carbocycles. The number of carbonyl (C=O) groups excluding carboxylic acids is 1. The summed E-state index contributed by atoms with van der Waals surface area (Å²) in [5, 5.41) is 12.2. The highest BCUT2D eigenvalue weighted by Crippen LogP contribution is 2.24. The number of nitrogens with zero attached hydrogens (tertiary/aromatic N) is 4. The van der Waals surface area contributed by atoms with Gasteiger partial charge < -0.3 is 9.88 Å². The van der Waals surface area contributed by atoms with Gasteiger partial charge in [-0.2, -0.15) is 0 Å². The molecule has 6 nitrogen and oxygen atoms in total. The Balaban J connectivity index is 1.52. The number of hydrogen-bond acceptors (Lipinski definition) is 4. The van der Waals surface area contributed by atoms with Crippen LogP contribution in [0.2, 0.25) is 0 Å². The average Bonchev–Trinajstić information content (AvgIpc) is 3.08. The maximum Gasteiger partial charge on any atom is 0.251 e. The van der Waals surface area contributed by atoms with Crippen molar-refractivity contribution in [3.05, 3.63) is 82.2 Å². The maximum atomic E-state index is 14.2. The van der Waals surface area contributed by atoms with Crippen molar-refractivity contribution >= 4 is 5.91 Å². The van der Waals surface area contributed by atoms with Crippen LogP contribution in [0.4, 0.5) is 4.39 Å². The number of nitrogens with one attached hydrogen (secondary N) is 1. The summed E-state index contributed by atoms with van der Waals surface area (Å²) < 4.78 is 16.3. The molecule has 0 aliphatic carbocycles. The fraction of sp³-hybridized carbons (Fsp3) is 0.444. The Morgan fingerprint density at radius 3 is 2.50 bits per heavy atom. The number of aryl methyl sites for hydroxylation is 2. The minimum atomic E-state index is -0.229. The third-order valence-electron chi connectivity index (χ3n) is 6.31. The Bertz CT molecular complexity index is 1140. The molecule has 4 rings (SSSR count). The van der Waals surface area contributed by atoms with Crippen molar-refractivity contribution in [3.63, 3.8) is 0 Å². The van der Waals surface area contributed by atoms with Crippen molar-refractivity contribution in [1.29, 1.82) is 0 Å². The third-order valence-corrected chi connectivity index (χ3v) is 6.31. The Morgan fingerprint density at radius 2 is 1.79 bits per heavy atom. The Labute approximate surface area is 201 Å². The van der Waals surface area contributed by atoms with Crippen LogP contribution in [0.25, 0.3) is 0 Å². The lowest BCUT2D eigenvalue weighted by Crippen LogP contribution is -2.32. The van der Waals surface area contributed by atoms with E-state index in [1.807, 2.05) is 38.1 Å². The molecule has 3 aromatic rings. The van der Waals surface area contributed by atoms with Gasteiger partial charge in [-0.15, -0.1) is 10.2 Å². The molecule has 180 valence electrons. The predicted octanol–water partition coefficient (Wildman–Crippen LogP) is 4.61. The minimum absolute atomic E-state index is 0.0930. The van der Waals surface area contributed by atoms with Crippen LogP contribution in [0.5, 0.6) is 0 Å². The summed E-state index contributed by atoms with van der Waals surface area (Å²) in [6, 6.07) is 12.6. The van der Waals surface area contributed by atoms with Gasteiger partial charge >= 0.3 is 0 Å². The van der Waals surface area contributed by atoms with E-state index in [9.17, 15) is 9.18 Å². The van der Waals surface area contributed by atoms with Crippen LogP contribution >= 0.6 is 0 Å². The quantitative estimate of drug-likeness (QED) is 0.556. The zero-order chi connectivity index (χ0) is 24.2. The number of benzene rings is 2. The van der Waals surface area contributed by atoms with E-state index < -0.39 is 0 Å². The van der Waals surface area contributed by atoms with Crippen molar-refractivity contribution in [3.8, 4) is 0 Å². The van der Waals surface area contributed by atoms with E-state index in [1.54, 1.807) is 6.07 Å². The molecule has 0 spiro atoms. The Kier molecular flexibility index (Phi) is 7.41. The number of carbonyl (C=O) groups is 1. The molecule has 0 saturated heterocycles. The molecule has 1 aromatic heterocycles. The van der Waals surface area contributed by atoms with Crippen molar-refractivity contribution in [2.24, 2.45) is 5.92 Å². The lowest BCUT2D eigenvalue weighted by molar-refractivity contribution is 0.0928. The van der Waals surface area contributed by atoms with E-state index in [4.69, 9.17) is 0 Å². The molecular weight excluding hydrogens is 429 g/mol. The van der Waals surface area contributed by atoms with Crippen LogP contribution in [0.3, 0.4) is 0 Å². The van der Waals surface area contributed by atoms with Crippen molar-refractivity contribution in [1.82, 2.24) is 25.0 Å². The first-order valence-electron chi connectivity index (χ1n) is 12.1. The fourth-order valence-corrected chi connectivity index (χ4v) is 4.72. The smallest absolute Gasteiger partial charge is 0.251 e. The van der Waals surface area contributed by atoms with Gasteiger partial charge in [-0.05, 0) is 44.4 Å². The molecule has 1 aliphatic rings. The second-order valence-electron chi connectivity index (χ2n) is 9.78. The summed E-state index contributed by atoms with van der Waals surface area (Å²) in [5.41, 5.74) is 3.51. The molecule has 2 aromatic carbocycles. The van der Waals surface area contributed by atoms with E-state index >= 15 is 0 Å². The minimum Gasteiger partial charge on any atom is -0.342 e. The van der Waals surface area contributed by atoms with E-state index in [0.29, 0.717) is 30.1 Å². The Morgan fingerprint density at radius 1 is 1.06 bits per heavy atom. The van der Waals surface area contributed by atoms with Gasteiger partial charge in [0.05, 0.1) is 6.04 Å². The van der Waals surface area contributed by atoms with Gasteiger partial charge in [0.1, 0.15) is 11.6 Å². The second-order valence-corrected chi connectivity index (χ2v) is 9.78. The van der Waals surface area contributed by atoms with Crippen molar-refractivity contribution in [2.75, 3.05) is 13.1 Å². The number of amides is 1. The number of halogens is 1. The first-order chi connectivity index (χ1) is 16.3. The molecule has 0 fully saturated rings. The highest BCUT2D eigenvalue weighted by atomic mass is 19.1. The molecule has 1 amide bonds. The largest absolute Gasteiger partial charge is 0.342 e. The van der Waals surface area contributed by atoms with Gasteiger partial charge in [0, 0.05) is 43.7 Å². The molecule has 1 atom stereocenters. The van der Waals surface area contributed by atoms with Crippen molar-refractivity contribution < 1.29 is 9.18 Å². The Hall–Kier alpha value is -3.06. The average molecular weight is 464 g/mol. The van der Waals surface area contributed by atoms with Gasteiger partial charge in [-0.1, -0.05) is 49.2 Å². The maximum absolute atomic E-state index is 14.2. The molecule has 7 heteroatoms. The zero-order valence-corrected chi connectivity index (χ0v) is 20.5. The SMILES string of the molecule is Cc1cc(C)cc(C(=O)N[C@@H](CC(C)C)c2nnc3n2CCN(Cc2ccccc2F)CC3)c1. The number of hydrogen-bond donors (Lipinski definition) is 1. The molecule has 1 N–H and O–H groups in total. The topological polar surface area (TPSA) is 63.1 Å². The summed E-state index contributed by atoms with van der Waals surface area (Å²) >= 11 is 0. The van der Waals surface area contributed by atoms with Crippen LogP contribution in [0.1, 0.15) is 65.0 Å². The fourth-order valence-electron chi connectivity index (χ4n) is 4.72. The van der Waals surface area contributed by atoms with Gasteiger partial charge in [0.2, 0.25) is 0 Å². The molecule has 1 aliphatic heterocycles. The summed E-state index contributed by atoms with van der Waals surface area (Å²) in [7, 11) is 0. The monoisotopic (exact) mass is 463 g/mol. The summed E-state index contributed by atoms with van der Waals surface area (Å²) in [4.78, 5) is 15.4.